The Bertz CT molecular complexity index is 636. The number of hydrogen-bond donors (Lipinski definition) is 0. The van der Waals surface area contributed by atoms with Crippen LogP contribution >= 0.6 is 0 Å². The van der Waals surface area contributed by atoms with E-state index in [-0.39, 0.29) is 10.6 Å². The summed E-state index contributed by atoms with van der Waals surface area (Å²) in [4.78, 5) is 10.9. The predicted molar refractivity (Wildman–Crippen MR) is 86.3 cm³/mol. The Hall–Kier alpha value is -2.14. The van der Waals surface area contributed by atoms with Crippen molar-refractivity contribution < 1.29 is 9.35 Å². The summed E-state index contributed by atoms with van der Waals surface area (Å²) in [5.74, 6) is 0.371. The summed E-state index contributed by atoms with van der Waals surface area (Å²) in [6.07, 6.45) is 0.676. The first kappa shape index (κ1) is 15.2. The van der Waals surface area contributed by atoms with E-state index >= 15 is 0 Å². The zero-order valence-corrected chi connectivity index (χ0v) is 13.5. The van der Waals surface area contributed by atoms with Crippen molar-refractivity contribution in [1.82, 2.24) is 0 Å². The lowest BCUT2D eigenvalue weighted by molar-refractivity contribution is -0.385. The summed E-state index contributed by atoms with van der Waals surface area (Å²) < 4.78 is 5.80. The van der Waals surface area contributed by atoms with E-state index in [1.54, 1.807) is 12.1 Å². The van der Waals surface area contributed by atoms with E-state index < -0.39 is 8.32 Å². The molecular formula is C16H19NO3Si. The van der Waals surface area contributed by atoms with Crippen LogP contribution in [0.5, 0.6) is 5.75 Å². The Balaban J connectivity index is 2.30. The first-order valence-corrected chi connectivity index (χ1v) is 10.3. The fourth-order valence-corrected chi connectivity index (χ4v) is 2.90. The van der Waals surface area contributed by atoms with Crippen molar-refractivity contribution >= 4 is 14.0 Å². The first-order chi connectivity index (χ1) is 9.85. The molecule has 0 aromatic heterocycles. The second-order valence-electron chi connectivity index (χ2n) is 5.94. The Morgan fingerprint density at radius 3 is 2.29 bits per heavy atom. The molecular weight excluding hydrogens is 282 g/mol. The van der Waals surface area contributed by atoms with Crippen LogP contribution in [0.25, 0.3) is 0 Å². The molecule has 0 spiro atoms. The highest BCUT2D eigenvalue weighted by Gasteiger charge is 2.23. The molecule has 110 valence electrons. The third kappa shape index (κ3) is 4.42. The third-order valence-corrected chi connectivity index (χ3v) is 3.72. The molecule has 0 aliphatic carbocycles. The first-order valence-electron chi connectivity index (χ1n) is 6.85. The molecule has 0 aliphatic heterocycles. The molecule has 5 heteroatoms. The lowest BCUT2D eigenvalue weighted by Crippen LogP contribution is -2.29. The zero-order valence-electron chi connectivity index (χ0n) is 12.5. The average Bonchev–Trinajstić information content (AvgIpc) is 2.40. The molecule has 2 rings (SSSR count). The highest BCUT2D eigenvalue weighted by atomic mass is 28.4. The predicted octanol–water partition coefficient (Wildman–Crippen LogP) is 4.40. The Kier molecular flexibility index (Phi) is 4.42. The third-order valence-electron chi connectivity index (χ3n) is 2.89. The Labute approximate surface area is 125 Å². The van der Waals surface area contributed by atoms with Crippen LogP contribution in [0.15, 0.2) is 48.5 Å². The van der Waals surface area contributed by atoms with Gasteiger partial charge in [-0.25, -0.2) is 0 Å². The van der Waals surface area contributed by atoms with Crippen molar-refractivity contribution in [3.63, 3.8) is 0 Å². The monoisotopic (exact) mass is 301 g/mol. The number of benzene rings is 2. The van der Waals surface area contributed by atoms with E-state index in [1.807, 2.05) is 56.0 Å². The van der Waals surface area contributed by atoms with Crippen LogP contribution in [0.4, 0.5) is 5.69 Å². The average molecular weight is 301 g/mol. The minimum absolute atomic E-state index is 0.0471. The summed E-state index contributed by atoms with van der Waals surface area (Å²) in [6, 6.07) is 15.1. The van der Waals surface area contributed by atoms with Crippen LogP contribution < -0.4 is 4.43 Å². The van der Waals surface area contributed by atoms with Gasteiger partial charge in [0.1, 0.15) is 0 Å². The van der Waals surface area contributed by atoms with Crippen molar-refractivity contribution in [1.29, 1.82) is 0 Å². The number of nitro benzene ring substituents is 1. The molecule has 0 fully saturated rings. The second-order valence-corrected chi connectivity index (χ2v) is 10.4. The minimum atomic E-state index is -1.87. The lowest BCUT2D eigenvalue weighted by Gasteiger charge is -2.19. The van der Waals surface area contributed by atoms with Crippen LogP contribution in [-0.4, -0.2) is 13.2 Å². The standard InChI is InChI=1S/C16H19NO3Si/c1-21(2,3)20-16-10-9-14(12-15(16)17(18)19)11-13-7-5-4-6-8-13/h4-10,12H,11H2,1-3H3. The second kappa shape index (κ2) is 6.09. The molecule has 0 radical (unpaired) electrons. The van der Waals surface area contributed by atoms with Crippen molar-refractivity contribution in [2.75, 3.05) is 0 Å². The van der Waals surface area contributed by atoms with Gasteiger partial charge in [0.15, 0.2) is 5.75 Å². The molecule has 0 saturated heterocycles. The molecule has 21 heavy (non-hydrogen) atoms. The van der Waals surface area contributed by atoms with E-state index in [1.165, 1.54) is 0 Å². The van der Waals surface area contributed by atoms with Crippen molar-refractivity contribution in [2.45, 2.75) is 26.1 Å². The van der Waals surface area contributed by atoms with E-state index in [0.29, 0.717) is 12.2 Å². The minimum Gasteiger partial charge on any atom is -0.540 e. The summed E-state index contributed by atoms with van der Waals surface area (Å²) in [5, 5.41) is 11.3. The Morgan fingerprint density at radius 1 is 1.05 bits per heavy atom. The maximum Gasteiger partial charge on any atom is 0.309 e. The van der Waals surface area contributed by atoms with E-state index in [9.17, 15) is 10.1 Å². The number of rotatable bonds is 5. The maximum absolute atomic E-state index is 11.3. The molecule has 4 nitrogen and oxygen atoms in total. The molecule has 2 aromatic rings. The van der Waals surface area contributed by atoms with Gasteiger partial charge in [0.2, 0.25) is 8.32 Å². The normalized spacial score (nSPS) is 11.2. The number of nitrogens with zero attached hydrogens (tertiary/aromatic N) is 1. The summed E-state index contributed by atoms with van der Waals surface area (Å²) in [6.45, 7) is 6.03. The van der Waals surface area contributed by atoms with Gasteiger partial charge < -0.3 is 4.43 Å². The van der Waals surface area contributed by atoms with Gasteiger partial charge in [0.25, 0.3) is 0 Å². The quantitative estimate of drug-likeness (QED) is 0.467. The molecule has 0 saturated carbocycles. The van der Waals surface area contributed by atoms with Gasteiger partial charge in [-0.1, -0.05) is 36.4 Å². The SMILES string of the molecule is C[Si](C)(C)Oc1ccc(Cc2ccccc2)cc1[N+](=O)[O-]. The largest absolute Gasteiger partial charge is 0.540 e. The van der Waals surface area contributed by atoms with Gasteiger partial charge in [-0.05, 0) is 43.3 Å². The molecule has 0 heterocycles. The number of nitro groups is 1. The van der Waals surface area contributed by atoms with E-state index in [2.05, 4.69) is 0 Å². The fourth-order valence-electron chi connectivity index (χ4n) is 2.06. The van der Waals surface area contributed by atoms with Gasteiger partial charge in [-0.3, -0.25) is 10.1 Å². The molecule has 0 aliphatic rings. The van der Waals surface area contributed by atoms with Crippen LogP contribution in [0, 0.1) is 10.1 Å². The zero-order chi connectivity index (χ0) is 15.5. The highest BCUT2D eigenvalue weighted by Crippen LogP contribution is 2.30. The molecule has 0 N–H and O–H groups in total. The fraction of sp³-hybridized carbons (Fsp3) is 0.250. The molecule has 0 atom stereocenters. The van der Waals surface area contributed by atoms with Gasteiger partial charge in [-0.2, -0.15) is 0 Å². The van der Waals surface area contributed by atoms with Gasteiger partial charge >= 0.3 is 5.69 Å². The van der Waals surface area contributed by atoms with E-state index in [0.717, 1.165) is 11.1 Å². The molecule has 0 bridgehead atoms. The van der Waals surface area contributed by atoms with E-state index in [4.69, 9.17) is 4.43 Å². The smallest absolute Gasteiger partial charge is 0.309 e. The van der Waals surface area contributed by atoms with Crippen LogP contribution in [0.1, 0.15) is 11.1 Å². The topological polar surface area (TPSA) is 52.4 Å². The van der Waals surface area contributed by atoms with Crippen molar-refractivity contribution in [2.24, 2.45) is 0 Å². The summed E-state index contributed by atoms with van der Waals surface area (Å²) in [5.41, 5.74) is 2.09. The van der Waals surface area contributed by atoms with Crippen LogP contribution in [-0.2, 0) is 6.42 Å². The Morgan fingerprint density at radius 2 is 1.71 bits per heavy atom. The van der Waals surface area contributed by atoms with Crippen LogP contribution in [0.2, 0.25) is 19.6 Å². The van der Waals surface area contributed by atoms with Gasteiger partial charge in [0.05, 0.1) is 4.92 Å². The highest BCUT2D eigenvalue weighted by molar-refractivity contribution is 6.70. The van der Waals surface area contributed by atoms with Gasteiger partial charge in [0, 0.05) is 6.07 Å². The number of hydrogen-bond acceptors (Lipinski definition) is 3. The summed E-state index contributed by atoms with van der Waals surface area (Å²) in [7, 11) is -1.87. The van der Waals surface area contributed by atoms with Crippen molar-refractivity contribution in [3.05, 3.63) is 69.8 Å². The molecule has 0 amide bonds. The molecule has 0 unspecified atom stereocenters. The lowest BCUT2D eigenvalue weighted by atomic mass is 10.0. The molecule has 2 aromatic carbocycles. The van der Waals surface area contributed by atoms with Gasteiger partial charge in [-0.15, -0.1) is 0 Å². The summed E-state index contributed by atoms with van der Waals surface area (Å²) >= 11 is 0. The van der Waals surface area contributed by atoms with Crippen LogP contribution in [0.3, 0.4) is 0 Å². The van der Waals surface area contributed by atoms with Crippen molar-refractivity contribution in [3.8, 4) is 5.75 Å². The maximum atomic E-state index is 11.3.